The highest BCUT2D eigenvalue weighted by atomic mass is 35.5. The maximum Gasteiger partial charge on any atom is 0.329 e. The van der Waals surface area contributed by atoms with Crippen molar-refractivity contribution in [3.8, 4) is 5.75 Å². The Kier molecular flexibility index (Phi) is 7.87. The molecule has 0 saturated heterocycles. The van der Waals surface area contributed by atoms with Gasteiger partial charge in [-0.1, -0.05) is 47.5 Å². The van der Waals surface area contributed by atoms with Crippen LogP contribution < -0.4 is 15.5 Å². The highest BCUT2D eigenvalue weighted by molar-refractivity contribution is 6.39. The van der Waals surface area contributed by atoms with Gasteiger partial charge in [-0.05, 0) is 61.4 Å². The number of benzene rings is 3. The van der Waals surface area contributed by atoms with Crippen LogP contribution in [0.2, 0.25) is 10.0 Å². The van der Waals surface area contributed by atoms with Crippen LogP contribution in [0.25, 0.3) is 0 Å². The number of hydrogen-bond acceptors (Lipinski definition) is 4. The number of amides is 2. The van der Waals surface area contributed by atoms with E-state index in [2.05, 4.69) is 15.8 Å². The summed E-state index contributed by atoms with van der Waals surface area (Å²) in [5.74, 6) is -1.16. The minimum Gasteiger partial charge on any atom is -0.488 e. The Labute approximate surface area is 196 Å². The molecule has 3 aromatic carbocycles. The van der Waals surface area contributed by atoms with Crippen molar-refractivity contribution in [1.29, 1.82) is 0 Å². The molecule has 32 heavy (non-hydrogen) atoms. The van der Waals surface area contributed by atoms with Crippen molar-refractivity contribution in [2.75, 3.05) is 5.32 Å². The topological polar surface area (TPSA) is 79.8 Å². The van der Waals surface area contributed by atoms with Crippen LogP contribution in [0.4, 0.5) is 5.69 Å². The van der Waals surface area contributed by atoms with Gasteiger partial charge in [-0.2, -0.15) is 5.10 Å². The van der Waals surface area contributed by atoms with Gasteiger partial charge in [0.05, 0.1) is 6.21 Å². The maximum atomic E-state index is 12.1. The SMILES string of the molecule is Cc1ccc(NC(=O)C(=O)N/N=C\c2ccccc2OCc2ccc(Cl)cc2Cl)cc1C. The van der Waals surface area contributed by atoms with Gasteiger partial charge >= 0.3 is 11.8 Å². The van der Waals surface area contributed by atoms with Crippen LogP contribution in [0.1, 0.15) is 22.3 Å². The summed E-state index contributed by atoms with van der Waals surface area (Å²) in [5.41, 5.74) is 6.26. The molecule has 3 aromatic rings. The number of rotatable bonds is 6. The molecule has 0 aliphatic rings. The summed E-state index contributed by atoms with van der Waals surface area (Å²) in [4.78, 5) is 24.1. The maximum absolute atomic E-state index is 12.1. The van der Waals surface area contributed by atoms with Crippen LogP contribution in [-0.4, -0.2) is 18.0 Å². The molecule has 6 nitrogen and oxygen atoms in total. The van der Waals surface area contributed by atoms with Gasteiger partial charge in [0.1, 0.15) is 12.4 Å². The number of nitrogens with zero attached hydrogens (tertiary/aromatic N) is 1. The normalized spacial score (nSPS) is 10.8. The lowest BCUT2D eigenvalue weighted by Gasteiger charge is -2.10. The zero-order chi connectivity index (χ0) is 23.1. The van der Waals surface area contributed by atoms with E-state index in [-0.39, 0.29) is 6.61 Å². The van der Waals surface area contributed by atoms with Crippen LogP contribution >= 0.6 is 23.2 Å². The third-order valence-electron chi connectivity index (χ3n) is 4.66. The molecule has 0 aromatic heterocycles. The summed E-state index contributed by atoms with van der Waals surface area (Å²) < 4.78 is 5.84. The van der Waals surface area contributed by atoms with E-state index in [4.69, 9.17) is 27.9 Å². The summed E-state index contributed by atoms with van der Waals surface area (Å²) in [6.07, 6.45) is 1.40. The number of nitrogens with one attached hydrogen (secondary N) is 2. The van der Waals surface area contributed by atoms with Crippen molar-refractivity contribution < 1.29 is 14.3 Å². The molecule has 0 unspecified atom stereocenters. The molecular weight excluding hydrogens is 449 g/mol. The number of para-hydroxylation sites is 1. The van der Waals surface area contributed by atoms with Gasteiger partial charge in [-0.3, -0.25) is 9.59 Å². The Balaban J connectivity index is 1.59. The first-order valence-electron chi connectivity index (χ1n) is 9.71. The molecule has 0 heterocycles. The lowest BCUT2D eigenvalue weighted by Crippen LogP contribution is -2.32. The summed E-state index contributed by atoms with van der Waals surface area (Å²) in [7, 11) is 0. The van der Waals surface area contributed by atoms with Gasteiger partial charge in [0, 0.05) is 26.9 Å². The van der Waals surface area contributed by atoms with E-state index in [1.54, 1.807) is 48.5 Å². The fourth-order valence-electron chi connectivity index (χ4n) is 2.73. The Morgan fingerprint density at radius 1 is 0.969 bits per heavy atom. The van der Waals surface area contributed by atoms with Gasteiger partial charge in [0.25, 0.3) is 0 Å². The lowest BCUT2D eigenvalue weighted by atomic mass is 10.1. The highest BCUT2D eigenvalue weighted by Gasteiger charge is 2.13. The molecule has 0 aliphatic heterocycles. The van der Waals surface area contributed by atoms with Crippen molar-refractivity contribution in [2.24, 2.45) is 5.10 Å². The monoisotopic (exact) mass is 469 g/mol. The van der Waals surface area contributed by atoms with Crippen LogP contribution in [0.15, 0.2) is 65.8 Å². The summed E-state index contributed by atoms with van der Waals surface area (Å²) in [6.45, 7) is 4.12. The Bertz CT molecular complexity index is 1180. The molecule has 8 heteroatoms. The first-order valence-corrected chi connectivity index (χ1v) is 10.5. The number of hydrazone groups is 1. The molecule has 0 atom stereocenters. The fourth-order valence-corrected chi connectivity index (χ4v) is 3.19. The molecular formula is C24H21Cl2N3O3. The lowest BCUT2D eigenvalue weighted by molar-refractivity contribution is -0.136. The second-order valence-corrected chi connectivity index (χ2v) is 7.86. The molecule has 0 saturated carbocycles. The van der Waals surface area contributed by atoms with E-state index < -0.39 is 11.8 Å². The molecule has 0 spiro atoms. The Morgan fingerprint density at radius 3 is 2.50 bits per heavy atom. The number of hydrogen-bond donors (Lipinski definition) is 2. The Morgan fingerprint density at radius 2 is 1.75 bits per heavy atom. The van der Waals surface area contributed by atoms with Crippen LogP contribution in [-0.2, 0) is 16.2 Å². The Hall–Kier alpha value is -3.35. The molecule has 2 N–H and O–H groups in total. The zero-order valence-corrected chi connectivity index (χ0v) is 19.0. The molecule has 164 valence electrons. The van der Waals surface area contributed by atoms with Crippen molar-refractivity contribution in [3.05, 3.63) is 93.0 Å². The zero-order valence-electron chi connectivity index (χ0n) is 17.5. The average Bonchev–Trinajstić information content (AvgIpc) is 2.76. The number of carbonyl (C=O) groups excluding carboxylic acids is 2. The second kappa shape index (κ2) is 10.8. The van der Waals surface area contributed by atoms with Gasteiger partial charge in [0.2, 0.25) is 0 Å². The number of anilines is 1. The van der Waals surface area contributed by atoms with Crippen molar-refractivity contribution in [1.82, 2.24) is 5.43 Å². The molecule has 3 rings (SSSR count). The first kappa shape index (κ1) is 23.3. The number of aryl methyl sites for hydroxylation is 2. The minimum atomic E-state index is -0.883. The van der Waals surface area contributed by atoms with Gasteiger partial charge in [0.15, 0.2) is 0 Å². The molecule has 0 fully saturated rings. The van der Waals surface area contributed by atoms with E-state index >= 15 is 0 Å². The quantitative estimate of drug-likeness (QED) is 0.292. The van der Waals surface area contributed by atoms with Gasteiger partial charge in [-0.15, -0.1) is 0 Å². The van der Waals surface area contributed by atoms with E-state index in [9.17, 15) is 9.59 Å². The standard InChI is InChI=1S/C24H21Cl2N3O3/c1-15-7-10-20(11-16(15)2)28-23(30)24(31)29-27-13-17-5-3-4-6-22(17)32-14-18-8-9-19(25)12-21(18)26/h3-13H,14H2,1-2H3,(H,28,30)(H,29,31)/b27-13-. The van der Waals surface area contributed by atoms with Crippen molar-refractivity contribution >= 4 is 46.9 Å². The smallest absolute Gasteiger partial charge is 0.329 e. The van der Waals surface area contributed by atoms with Crippen molar-refractivity contribution in [2.45, 2.75) is 20.5 Å². The first-order chi connectivity index (χ1) is 15.3. The second-order valence-electron chi connectivity index (χ2n) is 7.01. The summed E-state index contributed by atoms with van der Waals surface area (Å²) >= 11 is 12.1. The number of halogens is 2. The predicted molar refractivity (Wildman–Crippen MR) is 128 cm³/mol. The van der Waals surface area contributed by atoms with Crippen LogP contribution in [0.5, 0.6) is 5.75 Å². The van der Waals surface area contributed by atoms with E-state index in [1.165, 1.54) is 6.21 Å². The fraction of sp³-hybridized carbons (Fsp3) is 0.125. The molecule has 0 radical (unpaired) electrons. The minimum absolute atomic E-state index is 0.228. The molecule has 0 aliphatic carbocycles. The molecule has 0 bridgehead atoms. The van der Waals surface area contributed by atoms with Crippen LogP contribution in [0, 0.1) is 13.8 Å². The third kappa shape index (κ3) is 6.33. The third-order valence-corrected chi connectivity index (χ3v) is 5.24. The average molecular weight is 470 g/mol. The summed E-state index contributed by atoms with van der Waals surface area (Å²) in [5, 5.41) is 7.47. The van der Waals surface area contributed by atoms with E-state index in [0.29, 0.717) is 27.0 Å². The molecule has 2 amide bonds. The van der Waals surface area contributed by atoms with Crippen molar-refractivity contribution in [3.63, 3.8) is 0 Å². The predicted octanol–water partition coefficient (Wildman–Crippen LogP) is 5.28. The highest BCUT2D eigenvalue weighted by Crippen LogP contribution is 2.24. The van der Waals surface area contributed by atoms with Crippen LogP contribution in [0.3, 0.4) is 0 Å². The van der Waals surface area contributed by atoms with E-state index in [1.807, 2.05) is 26.0 Å². The number of ether oxygens (including phenoxy) is 1. The summed E-state index contributed by atoms with van der Waals surface area (Å²) in [6, 6.07) is 17.7. The number of carbonyl (C=O) groups is 2. The van der Waals surface area contributed by atoms with Gasteiger partial charge < -0.3 is 10.1 Å². The largest absolute Gasteiger partial charge is 0.488 e. The van der Waals surface area contributed by atoms with E-state index in [0.717, 1.165) is 16.7 Å². The van der Waals surface area contributed by atoms with Gasteiger partial charge in [-0.25, -0.2) is 5.43 Å².